The SMILES string of the molecule is CCC/C(C)=C/CCC(C)C(=O)O. The highest BCUT2D eigenvalue weighted by Crippen LogP contribution is 2.10. The molecular formula is C11H20O2. The van der Waals surface area contributed by atoms with Gasteiger partial charge in [-0.15, -0.1) is 0 Å². The molecule has 2 nitrogen and oxygen atoms in total. The van der Waals surface area contributed by atoms with Crippen LogP contribution in [0.15, 0.2) is 11.6 Å². The summed E-state index contributed by atoms with van der Waals surface area (Å²) in [6, 6.07) is 0. The van der Waals surface area contributed by atoms with E-state index in [1.54, 1.807) is 6.92 Å². The first kappa shape index (κ1) is 12.2. The molecule has 0 aliphatic carbocycles. The van der Waals surface area contributed by atoms with Gasteiger partial charge in [-0.3, -0.25) is 4.79 Å². The summed E-state index contributed by atoms with van der Waals surface area (Å²) in [6.45, 7) is 6.01. The normalized spacial score (nSPS) is 14.2. The lowest BCUT2D eigenvalue weighted by Gasteiger charge is -2.03. The summed E-state index contributed by atoms with van der Waals surface area (Å²) < 4.78 is 0. The first-order valence-corrected chi connectivity index (χ1v) is 4.96. The van der Waals surface area contributed by atoms with E-state index in [0.717, 1.165) is 25.7 Å². The number of carboxylic acid groups (broad SMARTS) is 1. The maximum atomic E-state index is 10.5. The molecule has 0 aromatic rings. The van der Waals surface area contributed by atoms with Gasteiger partial charge in [0.1, 0.15) is 0 Å². The molecule has 0 spiro atoms. The van der Waals surface area contributed by atoms with Crippen LogP contribution in [-0.2, 0) is 4.79 Å². The van der Waals surface area contributed by atoms with Gasteiger partial charge in [-0.1, -0.05) is 31.9 Å². The Kier molecular flexibility index (Phi) is 6.29. The smallest absolute Gasteiger partial charge is 0.306 e. The van der Waals surface area contributed by atoms with Crippen LogP contribution < -0.4 is 0 Å². The van der Waals surface area contributed by atoms with Crippen molar-refractivity contribution in [2.24, 2.45) is 5.92 Å². The molecule has 1 N–H and O–H groups in total. The van der Waals surface area contributed by atoms with E-state index >= 15 is 0 Å². The molecule has 0 aromatic carbocycles. The van der Waals surface area contributed by atoms with Gasteiger partial charge in [0.2, 0.25) is 0 Å². The predicted molar refractivity (Wildman–Crippen MR) is 54.7 cm³/mol. The van der Waals surface area contributed by atoms with Crippen molar-refractivity contribution >= 4 is 5.97 Å². The third-order valence-corrected chi connectivity index (χ3v) is 2.16. The summed E-state index contributed by atoms with van der Waals surface area (Å²) in [6.07, 6.45) is 6.08. The Morgan fingerprint density at radius 3 is 2.62 bits per heavy atom. The van der Waals surface area contributed by atoms with E-state index in [-0.39, 0.29) is 5.92 Å². The molecule has 0 amide bonds. The molecule has 0 fully saturated rings. The summed E-state index contributed by atoms with van der Waals surface area (Å²) in [5.74, 6) is -0.910. The molecule has 76 valence electrons. The van der Waals surface area contributed by atoms with Gasteiger partial charge < -0.3 is 5.11 Å². The molecule has 0 rings (SSSR count). The average Bonchev–Trinajstić information content (AvgIpc) is 2.04. The van der Waals surface area contributed by atoms with Crippen molar-refractivity contribution in [2.75, 3.05) is 0 Å². The van der Waals surface area contributed by atoms with Crippen LogP contribution in [0.2, 0.25) is 0 Å². The lowest BCUT2D eigenvalue weighted by molar-refractivity contribution is -0.141. The van der Waals surface area contributed by atoms with Crippen molar-refractivity contribution in [1.29, 1.82) is 0 Å². The molecule has 0 aliphatic heterocycles. The number of allylic oxidation sites excluding steroid dienone is 2. The summed E-state index contributed by atoms with van der Waals surface area (Å²) in [5.41, 5.74) is 1.38. The van der Waals surface area contributed by atoms with E-state index in [1.807, 2.05) is 0 Å². The van der Waals surface area contributed by atoms with Crippen LogP contribution in [0.3, 0.4) is 0 Å². The Labute approximate surface area is 80.7 Å². The van der Waals surface area contributed by atoms with Crippen LogP contribution in [0.4, 0.5) is 0 Å². The quantitative estimate of drug-likeness (QED) is 0.643. The fraction of sp³-hybridized carbons (Fsp3) is 0.727. The minimum Gasteiger partial charge on any atom is -0.481 e. The number of hydrogen-bond acceptors (Lipinski definition) is 1. The molecule has 0 heterocycles. The van der Waals surface area contributed by atoms with Gasteiger partial charge in [0.25, 0.3) is 0 Å². The molecule has 0 bridgehead atoms. The minimum atomic E-state index is -0.693. The standard InChI is InChI=1S/C11H20O2/c1-4-6-9(2)7-5-8-10(3)11(12)13/h7,10H,4-6,8H2,1-3H3,(H,12,13)/b9-7+. The molecule has 13 heavy (non-hydrogen) atoms. The zero-order valence-electron chi connectivity index (χ0n) is 8.84. The van der Waals surface area contributed by atoms with Crippen molar-refractivity contribution in [3.05, 3.63) is 11.6 Å². The molecule has 0 saturated carbocycles. The summed E-state index contributed by atoms with van der Waals surface area (Å²) in [5, 5.41) is 8.63. The fourth-order valence-corrected chi connectivity index (χ4v) is 1.20. The van der Waals surface area contributed by atoms with Crippen molar-refractivity contribution in [3.63, 3.8) is 0 Å². The topological polar surface area (TPSA) is 37.3 Å². The number of carboxylic acids is 1. The van der Waals surface area contributed by atoms with Gasteiger partial charge in [0.05, 0.1) is 5.92 Å². The molecule has 0 aromatic heterocycles. The highest BCUT2D eigenvalue weighted by atomic mass is 16.4. The van der Waals surface area contributed by atoms with E-state index in [0.29, 0.717) is 0 Å². The van der Waals surface area contributed by atoms with E-state index in [2.05, 4.69) is 19.9 Å². The van der Waals surface area contributed by atoms with Gasteiger partial charge in [-0.05, 0) is 26.2 Å². The van der Waals surface area contributed by atoms with Crippen molar-refractivity contribution in [3.8, 4) is 0 Å². The second-order valence-corrected chi connectivity index (χ2v) is 3.62. The maximum Gasteiger partial charge on any atom is 0.306 e. The maximum absolute atomic E-state index is 10.5. The second kappa shape index (κ2) is 6.70. The predicted octanol–water partition coefficient (Wildman–Crippen LogP) is 3.23. The molecule has 0 radical (unpaired) electrons. The number of hydrogen-bond donors (Lipinski definition) is 1. The fourth-order valence-electron chi connectivity index (χ4n) is 1.20. The minimum absolute atomic E-state index is 0.217. The average molecular weight is 184 g/mol. The Morgan fingerprint density at radius 2 is 2.15 bits per heavy atom. The first-order valence-electron chi connectivity index (χ1n) is 4.96. The van der Waals surface area contributed by atoms with E-state index < -0.39 is 5.97 Å². The highest BCUT2D eigenvalue weighted by molar-refractivity contribution is 5.69. The van der Waals surface area contributed by atoms with Crippen molar-refractivity contribution in [2.45, 2.75) is 46.5 Å². The van der Waals surface area contributed by atoms with Gasteiger partial charge in [-0.25, -0.2) is 0 Å². The zero-order valence-corrected chi connectivity index (χ0v) is 8.84. The molecule has 0 saturated heterocycles. The van der Waals surface area contributed by atoms with Crippen molar-refractivity contribution in [1.82, 2.24) is 0 Å². The molecular weight excluding hydrogens is 164 g/mol. The van der Waals surface area contributed by atoms with E-state index in [9.17, 15) is 4.79 Å². The third kappa shape index (κ3) is 6.38. The van der Waals surface area contributed by atoms with Crippen LogP contribution in [0.1, 0.15) is 46.5 Å². The largest absolute Gasteiger partial charge is 0.481 e. The van der Waals surface area contributed by atoms with E-state index in [1.165, 1.54) is 5.57 Å². The lowest BCUT2D eigenvalue weighted by atomic mass is 10.0. The van der Waals surface area contributed by atoms with Crippen LogP contribution >= 0.6 is 0 Å². The highest BCUT2D eigenvalue weighted by Gasteiger charge is 2.08. The van der Waals surface area contributed by atoms with Gasteiger partial charge in [-0.2, -0.15) is 0 Å². The zero-order chi connectivity index (χ0) is 10.3. The molecule has 1 atom stereocenters. The van der Waals surface area contributed by atoms with Crippen LogP contribution in [0.5, 0.6) is 0 Å². The third-order valence-electron chi connectivity index (χ3n) is 2.16. The monoisotopic (exact) mass is 184 g/mol. The second-order valence-electron chi connectivity index (χ2n) is 3.62. The number of rotatable bonds is 6. The molecule has 0 aliphatic rings. The first-order chi connectivity index (χ1) is 6.07. The van der Waals surface area contributed by atoms with Crippen LogP contribution in [0, 0.1) is 5.92 Å². The Bertz CT molecular complexity index is 183. The van der Waals surface area contributed by atoms with Gasteiger partial charge in [0.15, 0.2) is 0 Å². The summed E-state index contributed by atoms with van der Waals surface area (Å²) in [4.78, 5) is 10.5. The van der Waals surface area contributed by atoms with Gasteiger partial charge in [0, 0.05) is 0 Å². The summed E-state index contributed by atoms with van der Waals surface area (Å²) >= 11 is 0. The number of carbonyl (C=O) groups is 1. The summed E-state index contributed by atoms with van der Waals surface area (Å²) in [7, 11) is 0. The van der Waals surface area contributed by atoms with Gasteiger partial charge >= 0.3 is 5.97 Å². The molecule has 2 heteroatoms. The Hall–Kier alpha value is -0.790. The van der Waals surface area contributed by atoms with Crippen LogP contribution in [0.25, 0.3) is 0 Å². The van der Waals surface area contributed by atoms with Crippen LogP contribution in [-0.4, -0.2) is 11.1 Å². The van der Waals surface area contributed by atoms with E-state index in [4.69, 9.17) is 5.11 Å². The van der Waals surface area contributed by atoms with Crippen molar-refractivity contribution < 1.29 is 9.90 Å². The number of aliphatic carboxylic acids is 1. The molecule has 1 unspecified atom stereocenters. The Balaban J connectivity index is 3.65. The lowest BCUT2D eigenvalue weighted by Crippen LogP contribution is -2.08. The Morgan fingerprint density at radius 1 is 1.54 bits per heavy atom.